The molecule has 0 heterocycles. The number of benzene rings is 2. The summed E-state index contributed by atoms with van der Waals surface area (Å²) in [5, 5.41) is 13.0. The summed E-state index contributed by atoms with van der Waals surface area (Å²) in [6, 6.07) is 7.66. The lowest BCUT2D eigenvalue weighted by molar-refractivity contribution is 0.0977. The molecule has 0 bridgehead atoms. The average Bonchev–Trinajstić information content (AvgIpc) is 2.44. The average molecular weight is 288 g/mol. The van der Waals surface area contributed by atoms with Crippen LogP contribution >= 0.6 is 11.6 Å². The summed E-state index contributed by atoms with van der Waals surface area (Å²) < 4.78 is 0. The molecule has 2 N–H and O–H groups in total. The van der Waals surface area contributed by atoms with Crippen LogP contribution in [0.1, 0.15) is 31.8 Å². The van der Waals surface area contributed by atoms with Gasteiger partial charge in [-0.25, -0.2) is 0 Å². The molecule has 2 aromatic rings. The van der Waals surface area contributed by atoms with Crippen LogP contribution in [-0.4, -0.2) is 23.7 Å². The Morgan fingerprint density at radius 1 is 1.00 bits per heavy atom. The Bertz CT molecular complexity index is 768. The summed E-state index contributed by atoms with van der Waals surface area (Å²) in [4.78, 5) is 25.1. The fraction of sp³-hybridized carbons (Fsp3) is 0.0667. The van der Waals surface area contributed by atoms with Gasteiger partial charge in [0.05, 0.1) is 21.7 Å². The van der Waals surface area contributed by atoms with Gasteiger partial charge < -0.3 is 10.4 Å². The van der Waals surface area contributed by atoms with Gasteiger partial charge in [0.15, 0.2) is 11.6 Å². The van der Waals surface area contributed by atoms with Crippen LogP contribution < -0.4 is 5.32 Å². The zero-order chi connectivity index (χ0) is 14.4. The first-order valence-electron chi connectivity index (χ1n) is 5.98. The number of anilines is 1. The Labute approximate surface area is 120 Å². The van der Waals surface area contributed by atoms with E-state index in [-0.39, 0.29) is 38.8 Å². The normalized spacial score (nSPS) is 12.9. The van der Waals surface area contributed by atoms with Crippen LogP contribution in [0.2, 0.25) is 5.02 Å². The van der Waals surface area contributed by atoms with E-state index < -0.39 is 5.78 Å². The fourth-order valence-corrected chi connectivity index (χ4v) is 2.73. The lowest BCUT2D eigenvalue weighted by atomic mass is 9.82. The third kappa shape index (κ3) is 1.55. The van der Waals surface area contributed by atoms with Gasteiger partial charge in [0.2, 0.25) is 0 Å². The van der Waals surface area contributed by atoms with Gasteiger partial charge in [0, 0.05) is 18.3 Å². The van der Waals surface area contributed by atoms with Gasteiger partial charge in [-0.15, -0.1) is 0 Å². The van der Waals surface area contributed by atoms with Crippen molar-refractivity contribution in [3.8, 4) is 5.75 Å². The number of aromatic hydroxyl groups is 1. The van der Waals surface area contributed by atoms with E-state index in [0.29, 0.717) is 5.69 Å². The molecule has 100 valence electrons. The molecular weight excluding hydrogens is 278 g/mol. The van der Waals surface area contributed by atoms with Crippen molar-refractivity contribution < 1.29 is 14.7 Å². The van der Waals surface area contributed by atoms with Gasteiger partial charge >= 0.3 is 0 Å². The molecule has 0 spiro atoms. The van der Waals surface area contributed by atoms with E-state index >= 15 is 0 Å². The molecule has 0 radical (unpaired) electrons. The monoisotopic (exact) mass is 287 g/mol. The van der Waals surface area contributed by atoms with E-state index in [1.807, 2.05) is 0 Å². The van der Waals surface area contributed by atoms with Crippen molar-refractivity contribution >= 4 is 28.9 Å². The number of rotatable bonds is 1. The molecule has 1 aliphatic carbocycles. The Morgan fingerprint density at radius 3 is 2.45 bits per heavy atom. The smallest absolute Gasteiger partial charge is 0.198 e. The van der Waals surface area contributed by atoms with Crippen molar-refractivity contribution in [2.24, 2.45) is 0 Å². The highest BCUT2D eigenvalue weighted by atomic mass is 35.5. The maximum atomic E-state index is 12.6. The van der Waals surface area contributed by atoms with Gasteiger partial charge in [-0.05, 0) is 18.2 Å². The first-order valence-corrected chi connectivity index (χ1v) is 6.35. The number of hydrogen-bond donors (Lipinski definition) is 2. The van der Waals surface area contributed by atoms with Crippen molar-refractivity contribution in [1.82, 2.24) is 0 Å². The molecule has 2 aromatic carbocycles. The first kappa shape index (κ1) is 12.7. The summed E-state index contributed by atoms with van der Waals surface area (Å²) in [6.45, 7) is 0. The lowest BCUT2D eigenvalue weighted by Gasteiger charge is -2.21. The van der Waals surface area contributed by atoms with E-state index in [1.54, 1.807) is 25.2 Å². The molecule has 0 aromatic heterocycles. The molecule has 0 unspecified atom stereocenters. The SMILES string of the molecule is CNc1ccc(O)c2c1C(=O)c1c(Cl)cccc1C2=O. The van der Waals surface area contributed by atoms with Crippen molar-refractivity contribution in [3.63, 3.8) is 0 Å². The van der Waals surface area contributed by atoms with Crippen molar-refractivity contribution in [1.29, 1.82) is 0 Å². The number of fused-ring (bicyclic) bond motifs is 2. The molecule has 4 nitrogen and oxygen atoms in total. The summed E-state index contributed by atoms with van der Waals surface area (Å²) in [7, 11) is 1.65. The number of halogens is 1. The molecule has 0 amide bonds. The second-order valence-electron chi connectivity index (χ2n) is 4.45. The second kappa shape index (κ2) is 4.35. The standard InChI is InChI=1S/C15H10ClNO3/c1-17-9-5-6-10(18)13-12(9)15(20)11-7(14(13)19)3-2-4-8(11)16/h2-6,17-18H,1H3. The van der Waals surface area contributed by atoms with Crippen LogP contribution in [0.4, 0.5) is 5.69 Å². The van der Waals surface area contributed by atoms with E-state index in [1.165, 1.54) is 12.1 Å². The van der Waals surface area contributed by atoms with Crippen LogP contribution in [0.25, 0.3) is 0 Å². The lowest BCUT2D eigenvalue weighted by Crippen LogP contribution is -2.22. The topological polar surface area (TPSA) is 66.4 Å². The zero-order valence-corrected chi connectivity index (χ0v) is 11.3. The first-order chi connectivity index (χ1) is 9.56. The van der Waals surface area contributed by atoms with E-state index in [0.717, 1.165) is 0 Å². The maximum Gasteiger partial charge on any atom is 0.198 e. The number of phenolic OH excluding ortho intramolecular Hbond substituents is 1. The fourth-order valence-electron chi connectivity index (χ4n) is 2.47. The number of carbonyl (C=O) groups is 2. The number of hydrogen-bond acceptors (Lipinski definition) is 4. The van der Waals surface area contributed by atoms with Gasteiger partial charge in [0.1, 0.15) is 5.75 Å². The number of ketones is 2. The molecule has 0 atom stereocenters. The van der Waals surface area contributed by atoms with E-state index in [2.05, 4.69) is 5.32 Å². The number of nitrogens with one attached hydrogen (secondary N) is 1. The van der Waals surface area contributed by atoms with Crippen molar-refractivity contribution in [2.45, 2.75) is 0 Å². The van der Waals surface area contributed by atoms with Crippen molar-refractivity contribution in [3.05, 3.63) is 57.6 Å². The summed E-state index contributed by atoms with van der Waals surface area (Å²) in [5.41, 5.74) is 1.09. The van der Waals surface area contributed by atoms with Crippen molar-refractivity contribution in [2.75, 3.05) is 12.4 Å². The quantitative estimate of drug-likeness (QED) is 0.676. The van der Waals surface area contributed by atoms with Crippen LogP contribution in [0.3, 0.4) is 0 Å². The Hall–Kier alpha value is -2.33. The van der Waals surface area contributed by atoms with E-state index in [9.17, 15) is 14.7 Å². The predicted octanol–water partition coefficient (Wildman–Crippen LogP) is 2.86. The summed E-state index contributed by atoms with van der Waals surface area (Å²) in [6.07, 6.45) is 0. The van der Waals surface area contributed by atoms with Crippen LogP contribution in [0, 0.1) is 0 Å². The second-order valence-corrected chi connectivity index (χ2v) is 4.86. The van der Waals surface area contributed by atoms with Gasteiger partial charge in [-0.3, -0.25) is 9.59 Å². The number of phenols is 1. The minimum atomic E-state index is -0.397. The molecule has 0 fully saturated rings. The van der Waals surface area contributed by atoms with Crippen LogP contribution in [0.15, 0.2) is 30.3 Å². The van der Waals surface area contributed by atoms with Gasteiger partial charge in [0.25, 0.3) is 0 Å². The van der Waals surface area contributed by atoms with Gasteiger partial charge in [-0.1, -0.05) is 23.7 Å². The largest absolute Gasteiger partial charge is 0.507 e. The molecule has 0 aliphatic heterocycles. The highest BCUT2D eigenvalue weighted by molar-refractivity contribution is 6.40. The Kier molecular flexibility index (Phi) is 2.76. The predicted molar refractivity (Wildman–Crippen MR) is 76.0 cm³/mol. The van der Waals surface area contributed by atoms with Crippen LogP contribution in [-0.2, 0) is 0 Å². The van der Waals surface area contributed by atoms with Gasteiger partial charge in [-0.2, -0.15) is 0 Å². The minimum absolute atomic E-state index is 0.0246. The third-order valence-corrected chi connectivity index (χ3v) is 3.71. The van der Waals surface area contributed by atoms with Crippen LogP contribution in [0.5, 0.6) is 5.75 Å². The molecule has 0 saturated carbocycles. The zero-order valence-electron chi connectivity index (χ0n) is 10.5. The molecule has 5 heteroatoms. The molecule has 0 saturated heterocycles. The Balaban J connectivity index is 2.41. The Morgan fingerprint density at radius 2 is 1.75 bits per heavy atom. The molecular formula is C15H10ClNO3. The minimum Gasteiger partial charge on any atom is -0.507 e. The highest BCUT2D eigenvalue weighted by Gasteiger charge is 2.35. The highest BCUT2D eigenvalue weighted by Crippen LogP contribution is 2.38. The molecule has 20 heavy (non-hydrogen) atoms. The summed E-state index contributed by atoms with van der Waals surface area (Å²) in [5.74, 6) is -0.963. The third-order valence-electron chi connectivity index (χ3n) is 3.39. The number of carbonyl (C=O) groups excluding carboxylic acids is 2. The molecule has 1 aliphatic rings. The molecule has 3 rings (SSSR count). The van der Waals surface area contributed by atoms with E-state index in [4.69, 9.17) is 11.6 Å². The maximum absolute atomic E-state index is 12.6. The summed E-state index contributed by atoms with van der Waals surface area (Å²) >= 11 is 6.05.